The summed E-state index contributed by atoms with van der Waals surface area (Å²) in [4.78, 5) is 11.0. The minimum atomic E-state index is -0.651. The van der Waals surface area contributed by atoms with Gasteiger partial charge in [0.2, 0.25) is 0 Å². The molecule has 27 heavy (non-hydrogen) atoms. The highest BCUT2D eigenvalue weighted by Crippen LogP contribution is 2.33. The molecule has 0 radical (unpaired) electrons. The molecule has 1 aliphatic carbocycles. The van der Waals surface area contributed by atoms with Crippen molar-refractivity contribution in [3.05, 3.63) is 53.1 Å². The Hall–Kier alpha value is -2.60. The van der Waals surface area contributed by atoms with E-state index in [4.69, 9.17) is 15.3 Å². The summed E-state index contributed by atoms with van der Waals surface area (Å²) in [7, 11) is 0. The SMILES string of the molecule is CC(=O)OCCC1=CC(C)=CC(Nc2ccc(C=NN)cc2)(OC(C)C)C1. The number of nitrogens with zero attached hydrogens (tertiary/aromatic N) is 1. The molecule has 0 aromatic heterocycles. The Labute approximate surface area is 161 Å². The molecule has 1 aromatic carbocycles. The van der Waals surface area contributed by atoms with Gasteiger partial charge in [-0.25, -0.2) is 0 Å². The summed E-state index contributed by atoms with van der Waals surface area (Å²) in [5, 5.41) is 7.07. The molecule has 0 amide bonds. The first kappa shape index (κ1) is 20.7. The lowest BCUT2D eigenvalue weighted by atomic mass is 9.90. The predicted octanol–water partition coefficient (Wildman–Crippen LogP) is 3.74. The van der Waals surface area contributed by atoms with E-state index in [0.29, 0.717) is 19.4 Å². The first-order valence-corrected chi connectivity index (χ1v) is 9.13. The van der Waals surface area contributed by atoms with Crippen molar-refractivity contribution in [2.24, 2.45) is 10.9 Å². The van der Waals surface area contributed by atoms with E-state index < -0.39 is 5.72 Å². The molecule has 6 heteroatoms. The van der Waals surface area contributed by atoms with E-state index in [0.717, 1.165) is 16.8 Å². The second kappa shape index (κ2) is 9.37. The molecule has 6 nitrogen and oxygen atoms in total. The van der Waals surface area contributed by atoms with Crippen molar-refractivity contribution >= 4 is 17.9 Å². The molecule has 0 saturated heterocycles. The maximum atomic E-state index is 11.0. The quantitative estimate of drug-likeness (QED) is 0.239. The van der Waals surface area contributed by atoms with Crippen molar-refractivity contribution in [3.8, 4) is 0 Å². The molecular weight excluding hydrogens is 342 g/mol. The summed E-state index contributed by atoms with van der Waals surface area (Å²) in [5.41, 5.74) is 3.51. The van der Waals surface area contributed by atoms with Gasteiger partial charge in [0.15, 0.2) is 5.72 Å². The van der Waals surface area contributed by atoms with Gasteiger partial charge in [-0.3, -0.25) is 4.79 Å². The number of hydrogen-bond donors (Lipinski definition) is 2. The zero-order chi connectivity index (χ0) is 19.9. The second-order valence-corrected chi connectivity index (χ2v) is 7.04. The van der Waals surface area contributed by atoms with Gasteiger partial charge in [-0.05, 0) is 44.5 Å². The maximum absolute atomic E-state index is 11.0. The third-order valence-electron chi connectivity index (χ3n) is 4.05. The standard InChI is InChI=1S/C21H29N3O3/c1-15(2)27-21(24-20-7-5-18(6-8-20)14-23-22)12-16(3)11-19(13-21)9-10-26-17(4)25/h5-8,11-12,14-15,24H,9-10,13,22H2,1-4H3. The zero-order valence-electron chi connectivity index (χ0n) is 16.5. The molecule has 0 fully saturated rings. The highest BCUT2D eigenvalue weighted by molar-refractivity contribution is 5.80. The molecule has 0 aliphatic heterocycles. The number of carbonyl (C=O) groups excluding carboxylic acids is 1. The molecule has 146 valence electrons. The summed E-state index contributed by atoms with van der Waals surface area (Å²) in [6, 6.07) is 7.84. The Kier molecular flexibility index (Phi) is 7.19. The molecular formula is C21H29N3O3. The average molecular weight is 371 g/mol. The Bertz CT molecular complexity index is 736. The van der Waals surface area contributed by atoms with Crippen LogP contribution in [0.5, 0.6) is 0 Å². The molecule has 1 aromatic rings. The number of rotatable bonds is 8. The van der Waals surface area contributed by atoms with E-state index in [1.54, 1.807) is 6.21 Å². The van der Waals surface area contributed by atoms with Crippen LogP contribution in [0, 0.1) is 0 Å². The monoisotopic (exact) mass is 371 g/mol. The summed E-state index contributed by atoms with van der Waals surface area (Å²) in [5.74, 6) is 4.94. The van der Waals surface area contributed by atoms with E-state index in [9.17, 15) is 4.79 Å². The van der Waals surface area contributed by atoms with Gasteiger partial charge in [-0.2, -0.15) is 5.10 Å². The lowest BCUT2D eigenvalue weighted by molar-refractivity contribution is -0.140. The van der Waals surface area contributed by atoms with Gasteiger partial charge in [-0.15, -0.1) is 0 Å². The van der Waals surface area contributed by atoms with Crippen LogP contribution in [0.2, 0.25) is 0 Å². The van der Waals surface area contributed by atoms with Crippen molar-refractivity contribution in [1.82, 2.24) is 0 Å². The fourth-order valence-corrected chi connectivity index (χ4v) is 3.25. The summed E-state index contributed by atoms with van der Waals surface area (Å²) < 4.78 is 11.4. The van der Waals surface area contributed by atoms with Crippen LogP contribution in [0.1, 0.15) is 46.1 Å². The second-order valence-electron chi connectivity index (χ2n) is 7.04. The number of anilines is 1. The van der Waals surface area contributed by atoms with Gasteiger partial charge in [0, 0.05) is 25.5 Å². The lowest BCUT2D eigenvalue weighted by Gasteiger charge is -2.38. The zero-order valence-corrected chi connectivity index (χ0v) is 16.5. The van der Waals surface area contributed by atoms with Crippen molar-refractivity contribution in [3.63, 3.8) is 0 Å². The molecule has 1 aliphatic rings. The van der Waals surface area contributed by atoms with E-state index >= 15 is 0 Å². The summed E-state index contributed by atoms with van der Waals surface area (Å²) in [6.07, 6.45) is 7.24. The number of benzene rings is 1. The molecule has 2 rings (SSSR count). The number of nitrogens with two attached hydrogens (primary N) is 1. The first-order chi connectivity index (χ1) is 12.8. The van der Waals surface area contributed by atoms with Crippen molar-refractivity contribution in [2.45, 2.75) is 52.4 Å². The van der Waals surface area contributed by atoms with Crippen LogP contribution in [0.3, 0.4) is 0 Å². The Morgan fingerprint density at radius 1 is 1.37 bits per heavy atom. The highest BCUT2D eigenvalue weighted by atomic mass is 16.5. The van der Waals surface area contributed by atoms with Crippen molar-refractivity contribution in [2.75, 3.05) is 11.9 Å². The molecule has 3 N–H and O–H groups in total. The lowest BCUT2D eigenvalue weighted by Crippen LogP contribution is -2.43. The average Bonchev–Trinajstić information content (AvgIpc) is 2.55. The van der Waals surface area contributed by atoms with Gasteiger partial charge in [-0.1, -0.05) is 29.4 Å². The molecule has 0 spiro atoms. The number of allylic oxidation sites excluding steroid dienone is 2. The summed E-state index contributed by atoms with van der Waals surface area (Å²) in [6.45, 7) is 7.88. The number of hydrazone groups is 1. The highest BCUT2D eigenvalue weighted by Gasteiger charge is 2.33. The molecule has 0 saturated carbocycles. The van der Waals surface area contributed by atoms with Gasteiger partial charge in [0.25, 0.3) is 0 Å². The fourth-order valence-electron chi connectivity index (χ4n) is 3.25. The minimum Gasteiger partial charge on any atom is -0.466 e. The minimum absolute atomic E-state index is 0.0398. The van der Waals surface area contributed by atoms with Crippen molar-refractivity contribution in [1.29, 1.82) is 0 Å². The predicted molar refractivity (Wildman–Crippen MR) is 109 cm³/mol. The normalized spacial score (nSPS) is 19.7. The fraction of sp³-hybridized carbons (Fsp3) is 0.429. The summed E-state index contributed by atoms with van der Waals surface area (Å²) >= 11 is 0. The number of nitrogens with one attached hydrogen (secondary N) is 1. The number of carbonyl (C=O) groups is 1. The number of ether oxygens (including phenoxy) is 2. The first-order valence-electron chi connectivity index (χ1n) is 9.13. The molecule has 0 bridgehead atoms. The van der Waals surface area contributed by atoms with E-state index in [1.807, 2.05) is 45.0 Å². The van der Waals surface area contributed by atoms with Gasteiger partial charge in [0.1, 0.15) is 0 Å². The Morgan fingerprint density at radius 3 is 2.67 bits per heavy atom. The van der Waals surface area contributed by atoms with Gasteiger partial charge < -0.3 is 20.6 Å². The van der Waals surface area contributed by atoms with Gasteiger partial charge >= 0.3 is 5.97 Å². The third-order valence-corrected chi connectivity index (χ3v) is 4.05. The van der Waals surface area contributed by atoms with Gasteiger partial charge in [0.05, 0.1) is 18.9 Å². The maximum Gasteiger partial charge on any atom is 0.302 e. The van der Waals surface area contributed by atoms with Crippen LogP contribution in [-0.2, 0) is 14.3 Å². The Balaban J connectivity index is 2.19. The van der Waals surface area contributed by atoms with Crippen LogP contribution in [0.4, 0.5) is 5.69 Å². The smallest absolute Gasteiger partial charge is 0.302 e. The number of esters is 1. The molecule has 0 heterocycles. The van der Waals surface area contributed by atoms with E-state index in [-0.39, 0.29) is 12.1 Å². The molecule has 1 unspecified atom stereocenters. The van der Waals surface area contributed by atoms with E-state index in [2.05, 4.69) is 22.6 Å². The Morgan fingerprint density at radius 2 is 2.07 bits per heavy atom. The topological polar surface area (TPSA) is 85.9 Å². The largest absolute Gasteiger partial charge is 0.466 e. The van der Waals surface area contributed by atoms with Crippen LogP contribution < -0.4 is 11.2 Å². The van der Waals surface area contributed by atoms with Crippen LogP contribution in [-0.4, -0.2) is 30.6 Å². The third kappa shape index (κ3) is 6.57. The van der Waals surface area contributed by atoms with Crippen LogP contribution in [0.15, 0.2) is 52.7 Å². The van der Waals surface area contributed by atoms with Crippen LogP contribution in [0.25, 0.3) is 0 Å². The van der Waals surface area contributed by atoms with Crippen LogP contribution >= 0.6 is 0 Å². The molecule has 1 atom stereocenters. The van der Waals surface area contributed by atoms with Crippen molar-refractivity contribution < 1.29 is 14.3 Å². The number of hydrogen-bond acceptors (Lipinski definition) is 6. The van der Waals surface area contributed by atoms with E-state index in [1.165, 1.54) is 12.5 Å².